The van der Waals surface area contributed by atoms with E-state index in [2.05, 4.69) is 36.0 Å². The topological polar surface area (TPSA) is 81.4 Å². The SMILES string of the molecule is Cc1nnc([C@@H]2CN(C(=O)c3cnc(C(C)(C)C)s3)CCO2)o1. The van der Waals surface area contributed by atoms with Gasteiger partial charge >= 0.3 is 0 Å². The van der Waals surface area contributed by atoms with E-state index in [4.69, 9.17) is 9.15 Å². The van der Waals surface area contributed by atoms with E-state index >= 15 is 0 Å². The van der Waals surface area contributed by atoms with Crippen LogP contribution in [-0.4, -0.2) is 45.7 Å². The van der Waals surface area contributed by atoms with E-state index in [0.717, 1.165) is 5.01 Å². The molecule has 0 saturated carbocycles. The van der Waals surface area contributed by atoms with E-state index in [-0.39, 0.29) is 17.4 Å². The van der Waals surface area contributed by atoms with Crippen LogP contribution < -0.4 is 0 Å². The molecule has 1 atom stereocenters. The van der Waals surface area contributed by atoms with E-state index in [1.54, 1.807) is 18.0 Å². The van der Waals surface area contributed by atoms with Gasteiger partial charge in [-0.2, -0.15) is 0 Å². The molecule has 7 nitrogen and oxygen atoms in total. The minimum absolute atomic E-state index is 0.0254. The van der Waals surface area contributed by atoms with Crippen LogP contribution in [-0.2, 0) is 10.2 Å². The van der Waals surface area contributed by atoms with Crippen LogP contribution in [0.15, 0.2) is 10.6 Å². The Hall–Kier alpha value is -1.80. The second-order valence-corrected chi connectivity index (χ2v) is 7.58. The average Bonchev–Trinajstić information content (AvgIpc) is 3.15. The van der Waals surface area contributed by atoms with Gasteiger partial charge in [-0.05, 0) is 0 Å². The van der Waals surface area contributed by atoms with Crippen molar-refractivity contribution in [2.75, 3.05) is 19.7 Å². The van der Waals surface area contributed by atoms with Crippen molar-refractivity contribution in [2.45, 2.75) is 39.2 Å². The first-order valence-corrected chi connectivity index (χ1v) is 8.33. The number of morpholine rings is 1. The van der Waals surface area contributed by atoms with Gasteiger partial charge in [-0.1, -0.05) is 20.8 Å². The van der Waals surface area contributed by atoms with Crippen molar-refractivity contribution >= 4 is 17.2 Å². The van der Waals surface area contributed by atoms with Crippen LogP contribution in [0.2, 0.25) is 0 Å². The Labute approximate surface area is 138 Å². The number of aromatic nitrogens is 3. The Balaban J connectivity index is 1.73. The van der Waals surface area contributed by atoms with E-state index in [1.165, 1.54) is 11.3 Å². The Kier molecular flexibility index (Phi) is 4.20. The molecule has 0 aliphatic carbocycles. The van der Waals surface area contributed by atoms with Crippen LogP contribution in [0.3, 0.4) is 0 Å². The first kappa shape index (κ1) is 16.1. The standard InChI is InChI=1S/C15H20N4O3S/c1-9-17-18-12(22-9)10-8-19(5-6-21-10)13(20)11-7-16-14(23-11)15(2,3)4/h7,10H,5-6,8H2,1-4H3/t10-/m0/s1. The van der Waals surface area contributed by atoms with Gasteiger partial charge in [0.05, 0.1) is 24.4 Å². The second-order valence-electron chi connectivity index (χ2n) is 6.55. The number of carbonyl (C=O) groups excluding carboxylic acids is 1. The molecule has 2 aromatic heterocycles. The van der Waals surface area contributed by atoms with Crippen molar-refractivity contribution in [3.05, 3.63) is 27.9 Å². The van der Waals surface area contributed by atoms with Gasteiger partial charge in [-0.15, -0.1) is 21.5 Å². The molecule has 3 heterocycles. The maximum Gasteiger partial charge on any atom is 0.265 e. The lowest BCUT2D eigenvalue weighted by molar-refractivity contribution is -0.0348. The molecule has 1 aliphatic rings. The highest BCUT2D eigenvalue weighted by Crippen LogP contribution is 2.28. The van der Waals surface area contributed by atoms with E-state index in [1.807, 2.05) is 0 Å². The highest BCUT2D eigenvalue weighted by atomic mass is 32.1. The van der Waals surface area contributed by atoms with Gasteiger partial charge in [0.1, 0.15) is 4.88 Å². The summed E-state index contributed by atoms with van der Waals surface area (Å²) in [4.78, 5) is 19.5. The number of nitrogens with zero attached hydrogens (tertiary/aromatic N) is 4. The van der Waals surface area contributed by atoms with Crippen molar-refractivity contribution in [1.29, 1.82) is 0 Å². The number of amides is 1. The lowest BCUT2D eigenvalue weighted by Gasteiger charge is -2.30. The van der Waals surface area contributed by atoms with Crippen LogP contribution in [0.5, 0.6) is 0 Å². The van der Waals surface area contributed by atoms with Crippen molar-refractivity contribution in [3.63, 3.8) is 0 Å². The molecule has 1 amide bonds. The fraction of sp³-hybridized carbons (Fsp3) is 0.600. The van der Waals surface area contributed by atoms with Crippen LogP contribution in [0.1, 0.15) is 53.3 Å². The minimum atomic E-state index is -0.371. The fourth-order valence-electron chi connectivity index (χ4n) is 2.30. The fourth-order valence-corrected chi connectivity index (χ4v) is 3.24. The highest BCUT2D eigenvalue weighted by Gasteiger charge is 2.31. The number of thiazole rings is 1. The van der Waals surface area contributed by atoms with E-state index in [0.29, 0.717) is 36.4 Å². The summed E-state index contributed by atoms with van der Waals surface area (Å²) in [6.07, 6.45) is 1.29. The number of carbonyl (C=O) groups is 1. The molecular formula is C15H20N4O3S. The Bertz CT molecular complexity index is 704. The molecule has 0 bridgehead atoms. The first-order valence-electron chi connectivity index (χ1n) is 7.52. The Morgan fingerprint density at radius 3 is 2.78 bits per heavy atom. The monoisotopic (exact) mass is 336 g/mol. The lowest BCUT2D eigenvalue weighted by atomic mass is 9.98. The van der Waals surface area contributed by atoms with Gasteiger partial charge in [-0.3, -0.25) is 4.79 Å². The number of rotatable bonds is 2. The van der Waals surface area contributed by atoms with Gasteiger partial charge in [0.25, 0.3) is 5.91 Å². The van der Waals surface area contributed by atoms with Crippen molar-refractivity contribution < 1.29 is 13.9 Å². The molecule has 1 aliphatic heterocycles. The highest BCUT2D eigenvalue weighted by molar-refractivity contribution is 7.13. The molecule has 0 spiro atoms. The maximum atomic E-state index is 12.7. The molecule has 0 aromatic carbocycles. The van der Waals surface area contributed by atoms with Crippen molar-refractivity contribution in [3.8, 4) is 0 Å². The predicted molar refractivity (Wildman–Crippen MR) is 84.4 cm³/mol. The summed E-state index contributed by atoms with van der Waals surface area (Å²) < 4.78 is 11.1. The smallest absolute Gasteiger partial charge is 0.265 e. The van der Waals surface area contributed by atoms with Crippen LogP contribution in [0.25, 0.3) is 0 Å². The van der Waals surface area contributed by atoms with E-state index < -0.39 is 0 Å². The molecule has 3 rings (SSSR count). The third-order valence-corrected chi connectivity index (χ3v) is 4.94. The summed E-state index contributed by atoms with van der Waals surface area (Å²) in [7, 11) is 0. The second kappa shape index (κ2) is 6.01. The zero-order chi connectivity index (χ0) is 16.6. The zero-order valence-electron chi connectivity index (χ0n) is 13.7. The third kappa shape index (κ3) is 3.42. The number of ether oxygens (including phenoxy) is 1. The summed E-state index contributed by atoms with van der Waals surface area (Å²) in [6, 6.07) is 0. The molecule has 0 radical (unpaired) electrons. The van der Waals surface area contributed by atoms with Crippen LogP contribution in [0.4, 0.5) is 0 Å². The normalized spacial score (nSPS) is 19.1. The third-order valence-electron chi connectivity index (χ3n) is 3.53. The lowest BCUT2D eigenvalue weighted by Crippen LogP contribution is -2.42. The summed E-state index contributed by atoms with van der Waals surface area (Å²) in [6.45, 7) is 9.39. The molecular weight excluding hydrogens is 316 g/mol. The molecule has 2 aromatic rings. The number of hydrogen-bond acceptors (Lipinski definition) is 7. The quantitative estimate of drug-likeness (QED) is 0.837. The van der Waals surface area contributed by atoms with Gasteiger partial charge in [0, 0.05) is 18.9 Å². The summed E-state index contributed by atoms with van der Waals surface area (Å²) in [5.74, 6) is 0.881. The Morgan fingerprint density at radius 1 is 1.39 bits per heavy atom. The summed E-state index contributed by atoms with van der Waals surface area (Å²) in [5, 5.41) is 8.75. The van der Waals surface area contributed by atoms with Crippen molar-refractivity contribution in [1.82, 2.24) is 20.1 Å². The molecule has 1 saturated heterocycles. The zero-order valence-corrected chi connectivity index (χ0v) is 14.5. The predicted octanol–water partition coefficient (Wildman–Crippen LogP) is 2.35. The van der Waals surface area contributed by atoms with Gasteiger partial charge in [0.2, 0.25) is 11.8 Å². The molecule has 1 fully saturated rings. The van der Waals surface area contributed by atoms with Crippen LogP contribution >= 0.6 is 11.3 Å². The molecule has 8 heteroatoms. The largest absolute Gasteiger partial charge is 0.423 e. The van der Waals surface area contributed by atoms with Gasteiger partial charge in [-0.25, -0.2) is 4.98 Å². The van der Waals surface area contributed by atoms with E-state index in [9.17, 15) is 4.79 Å². The Morgan fingerprint density at radius 2 is 2.17 bits per heavy atom. The van der Waals surface area contributed by atoms with Gasteiger partial charge < -0.3 is 14.1 Å². The summed E-state index contributed by atoms with van der Waals surface area (Å²) in [5.41, 5.74) is -0.0575. The minimum Gasteiger partial charge on any atom is -0.423 e. The van der Waals surface area contributed by atoms with Crippen molar-refractivity contribution in [2.24, 2.45) is 0 Å². The molecule has 0 N–H and O–H groups in total. The summed E-state index contributed by atoms with van der Waals surface area (Å²) >= 11 is 1.45. The molecule has 23 heavy (non-hydrogen) atoms. The van der Waals surface area contributed by atoms with Gasteiger partial charge in [0.15, 0.2) is 6.10 Å². The molecule has 124 valence electrons. The average molecular weight is 336 g/mol. The van der Waals surface area contributed by atoms with Crippen LogP contribution in [0, 0.1) is 6.92 Å². The first-order chi connectivity index (χ1) is 10.8. The number of aryl methyl sites for hydroxylation is 1. The number of hydrogen-bond donors (Lipinski definition) is 0. The molecule has 0 unspecified atom stereocenters. The maximum absolute atomic E-state index is 12.7.